The third kappa shape index (κ3) is 1.87. The average Bonchev–Trinajstić information content (AvgIpc) is 2.91. The van der Waals surface area contributed by atoms with E-state index < -0.39 is 0 Å². The van der Waals surface area contributed by atoms with E-state index in [0.29, 0.717) is 17.9 Å². The van der Waals surface area contributed by atoms with E-state index in [-0.39, 0.29) is 39.9 Å². The zero-order chi connectivity index (χ0) is 16.4. The number of Topliss-reactive ketones (excluding diaryl/α,β-unsaturated/α-hetero) is 1. The molecule has 0 aromatic rings. The number of hydrogen-bond donors (Lipinski definition) is 1. The van der Waals surface area contributed by atoms with Gasteiger partial charge in [0, 0.05) is 12.3 Å². The summed E-state index contributed by atoms with van der Waals surface area (Å²) in [4.78, 5) is 25.0. The summed E-state index contributed by atoms with van der Waals surface area (Å²) in [6, 6.07) is 0. The van der Waals surface area contributed by atoms with Crippen LogP contribution in [-0.4, -0.2) is 22.5 Å². The van der Waals surface area contributed by atoms with Crippen LogP contribution >= 0.6 is 0 Å². The lowest BCUT2D eigenvalue weighted by Crippen LogP contribution is -2.56. The first-order chi connectivity index (χ1) is 10.9. The quantitative estimate of drug-likeness (QED) is 0.549. The van der Waals surface area contributed by atoms with Gasteiger partial charge in [0.05, 0.1) is 0 Å². The molecule has 4 aliphatic carbocycles. The van der Waals surface area contributed by atoms with Crippen LogP contribution in [0.1, 0.15) is 58.8 Å². The summed E-state index contributed by atoms with van der Waals surface area (Å²) in [5, 5.41) is 12.9. The Morgan fingerprint density at radius 2 is 1.91 bits per heavy atom. The van der Waals surface area contributed by atoms with Gasteiger partial charge in [0.1, 0.15) is 5.71 Å². The smallest absolute Gasteiger partial charge is 0.188 e. The third-order valence-electron chi connectivity index (χ3n) is 7.57. The van der Waals surface area contributed by atoms with Crippen molar-refractivity contribution in [2.45, 2.75) is 58.8 Å². The van der Waals surface area contributed by atoms with E-state index in [2.05, 4.69) is 19.0 Å². The molecule has 3 saturated carbocycles. The minimum Gasteiger partial charge on any atom is -0.410 e. The summed E-state index contributed by atoms with van der Waals surface area (Å²) in [5.74, 6) is 0.690. The van der Waals surface area contributed by atoms with Crippen molar-refractivity contribution in [3.8, 4) is 0 Å². The van der Waals surface area contributed by atoms with Crippen LogP contribution in [0.4, 0.5) is 0 Å². The topological polar surface area (TPSA) is 66.7 Å². The van der Waals surface area contributed by atoms with Crippen molar-refractivity contribution in [1.82, 2.24) is 0 Å². The van der Waals surface area contributed by atoms with Crippen LogP contribution in [0.25, 0.3) is 0 Å². The van der Waals surface area contributed by atoms with E-state index in [0.717, 1.165) is 19.3 Å². The van der Waals surface area contributed by atoms with E-state index in [1.807, 2.05) is 0 Å². The Bertz CT molecular complexity index is 649. The molecule has 4 nitrogen and oxygen atoms in total. The molecule has 0 saturated heterocycles. The third-order valence-corrected chi connectivity index (χ3v) is 7.57. The van der Waals surface area contributed by atoms with Gasteiger partial charge < -0.3 is 5.21 Å². The molecule has 5 atom stereocenters. The van der Waals surface area contributed by atoms with Crippen molar-refractivity contribution in [2.75, 3.05) is 0 Å². The first-order valence-electron chi connectivity index (χ1n) is 8.92. The Morgan fingerprint density at radius 1 is 1.13 bits per heavy atom. The van der Waals surface area contributed by atoms with Crippen LogP contribution in [0, 0.1) is 28.6 Å². The highest BCUT2D eigenvalue weighted by molar-refractivity contribution is 6.48. The van der Waals surface area contributed by atoms with Gasteiger partial charge in [-0.05, 0) is 66.4 Å². The van der Waals surface area contributed by atoms with E-state index >= 15 is 0 Å². The molecule has 23 heavy (non-hydrogen) atoms. The van der Waals surface area contributed by atoms with Crippen LogP contribution in [0.15, 0.2) is 16.8 Å². The van der Waals surface area contributed by atoms with Gasteiger partial charge >= 0.3 is 0 Å². The van der Waals surface area contributed by atoms with Gasteiger partial charge in [-0.25, -0.2) is 0 Å². The minimum atomic E-state index is -0.196. The Kier molecular flexibility index (Phi) is 3.14. The summed E-state index contributed by atoms with van der Waals surface area (Å²) in [6.07, 6.45) is 8.62. The summed E-state index contributed by atoms with van der Waals surface area (Å²) >= 11 is 0. The number of carbonyl (C=O) groups is 2. The van der Waals surface area contributed by atoms with Crippen LogP contribution in [0.3, 0.4) is 0 Å². The maximum Gasteiger partial charge on any atom is 0.188 e. The molecule has 0 spiro atoms. The van der Waals surface area contributed by atoms with Gasteiger partial charge in [-0.15, -0.1) is 0 Å². The predicted octanol–water partition coefficient (Wildman–Crippen LogP) is 3.53. The number of hydrogen-bond acceptors (Lipinski definition) is 4. The Balaban J connectivity index is 1.85. The fourth-order valence-corrected chi connectivity index (χ4v) is 6.24. The molecule has 0 aromatic heterocycles. The number of rotatable bonds is 0. The number of fused-ring (bicyclic) bond motifs is 5. The van der Waals surface area contributed by atoms with Crippen molar-refractivity contribution in [1.29, 1.82) is 0 Å². The molecule has 1 N–H and O–H groups in total. The van der Waals surface area contributed by atoms with Crippen molar-refractivity contribution in [3.63, 3.8) is 0 Å². The molecule has 0 heterocycles. The molecule has 0 aliphatic heterocycles. The first-order valence-corrected chi connectivity index (χ1v) is 8.92. The number of allylic oxidation sites excluding steroid dienone is 1. The standard InChI is InChI=1S/C19H25NO3/c1-18-7-3-4-12(18)15-13(6-8-18)19(2)9-5-11(21)10-14(19)16(20-23)17(15)22/h10,12-13,15,23H,3-9H2,1-2H3/t12-,13-,15-,18-,19+/m0/s1. The van der Waals surface area contributed by atoms with Gasteiger partial charge in [0.25, 0.3) is 0 Å². The molecule has 0 radical (unpaired) electrons. The second-order valence-electron chi connectivity index (χ2n) is 8.58. The summed E-state index contributed by atoms with van der Waals surface area (Å²) < 4.78 is 0. The molecule has 0 bridgehead atoms. The largest absolute Gasteiger partial charge is 0.410 e. The first kappa shape index (κ1) is 15.1. The molecular weight excluding hydrogens is 290 g/mol. The number of oxime groups is 1. The normalized spacial score (nSPS) is 47.8. The predicted molar refractivity (Wildman–Crippen MR) is 86.3 cm³/mol. The second kappa shape index (κ2) is 4.78. The number of nitrogens with zero attached hydrogens (tertiary/aromatic N) is 1. The molecule has 0 amide bonds. The molecule has 4 heteroatoms. The van der Waals surface area contributed by atoms with Crippen molar-refractivity contribution in [3.05, 3.63) is 11.6 Å². The van der Waals surface area contributed by atoms with Gasteiger partial charge in [0.15, 0.2) is 11.6 Å². The lowest BCUT2D eigenvalue weighted by molar-refractivity contribution is -0.130. The second-order valence-corrected chi connectivity index (χ2v) is 8.58. The monoisotopic (exact) mass is 315 g/mol. The van der Waals surface area contributed by atoms with Gasteiger partial charge in [-0.3, -0.25) is 9.59 Å². The Morgan fingerprint density at radius 3 is 2.65 bits per heavy atom. The molecule has 3 fully saturated rings. The van der Waals surface area contributed by atoms with E-state index in [1.165, 1.54) is 19.3 Å². The minimum absolute atomic E-state index is 0.0197. The van der Waals surface area contributed by atoms with Crippen LogP contribution in [0.5, 0.6) is 0 Å². The van der Waals surface area contributed by atoms with E-state index in [9.17, 15) is 14.8 Å². The van der Waals surface area contributed by atoms with Gasteiger partial charge in [-0.2, -0.15) is 0 Å². The lowest BCUT2D eigenvalue weighted by Gasteiger charge is -2.56. The summed E-state index contributed by atoms with van der Waals surface area (Å²) in [7, 11) is 0. The highest BCUT2D eigenvalue weighted by Crippen LogP contribution is 2.63. The summed E-state index contributed by atoms with van der Waals surface area (Å²) in [5.41, 5.74) is 0.930. The van der Waals surface area contributed by atoms with E-state index in [1.54, 1.807) is 6.08 Å². The highest BCUT2D eigenvalue weighted by Gasteiger charge is 2.61. The molecular formula is C19H25NO3. The lowest BCUT2D eigenvalue weighted by atomic mass is 9.47. The summed E-state index contributed by atoms with van der Waals surface area (Å²) in [6.45, 7) is 4.51. The highest BCUT2D eigenvalue weighted by atomic mass is 16.4. The average molecular weight is 315 g/mol. The van der Waals surface area contributed by atoms with Crippen molar-refractivity contribution < 1.29 is 14.8 Å². The van der Waals surface area contributed by atoms with Crippen LogP contribution < -0.4 is 0 Å². The number of ketones is 2. The van der Waals surface area contributed by atoms with Crippen molar-refractivity contribution in [2.24, 2.45) is 33.7 Å². The Hall–Kier alpha value is -1.45. The van der Waals surface area contributed by atoms with Crippen LogP contribution in [-0.2, 0) is 9.59 Å². The fourth-order valence-electron chi connectivity index (χ4n) is 6.24. The SMILES string of the molecule is C[C@@]12CCC[C@H]1[C@@H]1C(=O)C(=NO)C3=CC(=O)CC[C@]3(C)[C@H]1CC2. The molecule has 124 valence electrons. The maximum absolute atomic E-state index is 13.1. The molecule has 4 aliphatic rings. The zero-order valence-corrected chi connectivity index (χ0v) is 14.0. The van der Waals surface area contributed by atoms with Crippen molar-refractivity contribution >= 4 is 17.3 Å². The number of carbonyl (C=O) groups excluding carboxylic acids is 2. The van der Waals surface area contributed by atoms with E-state index in [4.69, 9.17) is 0 Å². The van der Waals surface area contributed by atoms with Gasteiger partial charge in [-0.1, -0.05) is 25.4 Å². The van der Waals surface area contributed by atoms with Crippen LogP contribution in [0.2, 0.25) is 0 Å². The molecule has 0 aromatic carbocycles. The van der Waals surface area contributed by atoms with Gasteiger partial charge in [0.2, 0.25) is 0 Å². The molecule has 4 rings (SSSR count). The zero-order valence-electron chi connectivity index (χ0n) is 14.0. The Labute approximate surface area is 137 Å². The maximum atomic E-state index is 13.1. The fraction of sp³-hybridized carbons (Fsp3) is 0.737. The molecule has 0 unspecified atom stereocenters.